The average molecular weight is 292 g/mol. The van der Waals surface area contributed by atoms with E-state index in [0.29, 0.717) is 12.4 Å². The van der Waals surface area contributed by atoms with Gasteiger partial charge in [0.2, 0.25) is 10.0 Å². The molecule has 0 saturated carbocycles. The van der Waals surface area contributed by atoms with Gasteiger partial charge >= 0.3 is 0 Å². The van der Waals surface area contributed by atoms with E-state index in [1.165, 1.54) is 0 Å². The number of sulfonamides is 1. The van der Waals surface area contributed by atoms with Crippen LogP contribution in [0.25, 0.3) is 0 Å². The van der Waals surface area contributed by atoms with Crippen LogP contribution in [0.1, 0.15) is 5.56 Å². The van der Waals surface area contributed by atoms with Crippen molar-refractivity contribution in [2.75, 3.05) is 18.4 Å². The van der Waals surface area contributed by atoms with Gasteiger partial charge in [-0.05, 0) is 24.6 Å². The van der Waals surface area contributed by atoms with Crippen LogP contribution in [0.5, 0.6) is 0 Å². The van der Waals surface area contributed by atoms with E-state index in [1.807, 2.05) is 13.0 Å². The molecule has 0 unspecified atom stereocenters. The third kappa shape index (κ3) is 4.01. The highest BCUT2D eigenvalue weighted by Gasteiger charge is 2.12. The molecule has 0 aliphatic carbocycles. The summed E-state index contributed by atoms with van der Waals surface area (Å²) in [7, 11) is -3.46. The number of aryl methyl sites for hydroxylation is 1. The molecule has 0 radical (unpaired) electrons. The number of hydrogen-bond acceptors (Lipinski definition) is 5. The van der Waals surface area contributed by atoms with Crippen molar-refractivity contribution in [3.8, 4) is 0 Å². The minimum Gasteiger partial charge on any atom is -0.367 e. The van der Waals surface area contributed by atoms with Crippen molar-refractivity contribution >= 4 is 15.8 Å². The Kier molecular flexibility index (Phi) is 4.65. The lowest BCUT2D eigenvalue weighted by Crippen LogP contribution is -2.29. The second-order valence-electron chi connectivity index (χ2n) is 4.23. The molecule has 7 heteroatoms. The van der Waals surface area contributed by atoms with Crippen LogP contribution in [0.3, 0.4) is 0 Å². The molecule has 0 atom stereocenters. The first-order valence-corrected chi connectivity index (χ1v) is 7.62. The van der Waals surface area contributed by atoms with Gasteiger partial charge < -0.3 is 5.32 Å². The molecule has 106 valence electrons. The summed E-state index contributed by atoms with van der Waals surface area (Å²) >= 11 is 0. The summed E-state index contributed by atoms with van der Waals surface area (Å²) in [6, 6.07) is 6.79. The number of aromatic nitrogens is 2. The first-order chi connectivity index (χ1) is 9.58. The van der Waals surface area contributed by atoms with Crippen LogP contribution in [-0.4, -0.2) is 31.5 Å². The van der Waals surface area contributed by atoms with Gasteiger partial charge in [0.1, 0.15) is 5.82 Å². The highest BCUT2D eigenvalue weighted by atomic mass is 32.2. The Morgan fingerprint density at radius 1 is 1.20 bits per heavy atom. The lowest BCUT2D eigenvalue weighted by Gasteiger charge is -2.08. The molecule has 0 aliphatic rings. The maximum absolute atomic E-state index is 12.0. The minimum absolute atomic E-state index is 0.271. The van der Waals surface area contributed by atoms with E-state index in [9.17, 15) is 8.42 Å². The number of anilines is 1. The fourth-order valence-corrected chi connectivity index (χ4v) is 2.77. The maximum atomic E-state index is 12.0. The Hall–Kier alpha value is -1.99. The molecule has 0 spiro atoms. The lowest BCUT2D eigenvalue weighted by molar-refractivity contribution is 0.583. The van der Waals surface area contributed by atoms with E-state index in [-0.39, 0.29) is 11.4 Å². The van der Waals surface area contributed by atoms with E-state index < -0.39 is 10.0 Å². The number of rotatable bonds is 6. The van der Waals surface area contributed by atoms with Crippen molar-refractivity contribution in [1.29, 1.82) is 0 Å². The molecule has 6 nitrogen and oxygen atoms in total. The van der Waals surface area contributed by atoms with Crippen molar-refractivity contribution in [3.05, 3.63) is 48.4 Å². The Morgan fingerprint density at radius 3 is 2.75 bits per heavy atom. The van der Waals surface area contributed by atoms with Gasteiger partial charge in [-0.2, -0.15) is 0 Å². The van der Waals surface area contributed by atoms with Crippen LogP contribution < -0.4 is 10.0 Å². The van der Waals surface area contributed by atoms with Crippen LogP contribution in [0.4, 0.5) is 5.82 Å². The molecule has 0 fully saturated rings. The fourth-order valence-electron chi connectivity index (χ4n) is 1.63. The monoisotopic (exact) mass is 292 g/mol. The third-order valence-electron chi connectivity index (χ3n) is 2.59. The summed E-state index contributed by atoms with van der Waals surface area (Å²) in [5.74, 6) is 0.613. The molecule has 2 aromatic rings. The summed E-state index contributed by atoms with van der Waals surface area (Å²) in [5, 5.41) is 2.98. The van der Waals surface area contributed by atoms with Crippen LogP contribution in [0.15, 0.2) is 47.8 Å². The van der Waals surface area contributed by atoms with Gasteiger partial charge in [0.15, 0.2) is 0 Å². The number of hydrogen-bond donors (Lipinski definition) is 2. The van der Waals surface area contributed by atoms with Crippen LogP contribution in [0.2, 0.25) is 0 Å². The molecule has 0 amide bonds. The highest BCUT2D eigenvalue weighted by molar-refractivity contribution is 7.89. The summed E-state index contributed by atoms with van der Waals surface area (Å²) in [6.45, 7) is 2.56. The first kappa shape index (κ1) is 14.4. The molecule has 1 aromatic heterocycles. The molecule has 0 bridgehead atoms. The maximum Gasteiger partial charge on any atom is 0.240 e. The van der Waals surface area contributed by atoms with Crippen molar-refractivity contribution in [2.24, 2.45) is 0 Å². The smallest absolute Gasteiger partial charge is 0.240 e. The number of nitrogens with zero attached hydrogens (tertiary/aromatic N) is 2. The van der Waals surface area contributed by atoms with Gasteiger partial charge in [0.05, 0.1) is 11.1 Å². The van der Waals surface area contributed by atoms with E-state index >= 15 is 0 Å². The Morgan fingerprint density at radius 2 is 2.05 bits per heavy atom. The molecule has 0 aliphatic heterocycles. The summed E-state index contributed by atoms with van der Waals surface area (Å²) in [6.07, 6.45) is 4.72. The van der Waals surface area contributed by atoms with Crippen molar-refractivity contribution in [1.82, 2.24) is 14.7 Å². The van der Waals surface area contributed by atoms with E-state index in [0.717, 1.165) is 5.56 Å². The molecular weight excluding hydrogens is 276 g/mol. The summed E-state index contributed by atoms with van der Waals surface area (Å²) in [4.78, 5) is 8.21. The van der Waals surface area contributed by atoms with Gasteiger partial charge in [0, 0.05) is 25.5 Å². The summed E-state index contributed by atoms with van der Waals surface area (Å²) < 4.78 is 26.6. The standard InChI is InChI=1S/C13H16N4O2S/c1-11-3-2-4-12(9-11)20(18,19)17-8-7-16-13-10-14-5-6-15-13/h2-6,9-10,17H,7-8H2,1H3,(H,15,16). The molecule has 1 heterocycles. The van der Waals surface area contributed by atoms with Crippen LogP contribution >= 0.6 is 0 Å². The van der Waals surface area contributed by atoms with Crippen LogP contribution in [-0.2, 0) is 10.0 Å². The lowest BCUT2D eigenvalue weighted by atomic mass is 10.2. The van der Waals surface area contributed by atoms with Gasteiger partial charge in [-0.3, -0.25) is 4.98 Å². The third-order valence-corrected chi connectivity index (χ3v) is 4.04. The first-order valence-electron chi connectivity index (χ1n) is 6.14. The Bertz CT molecular complexity index is 659. The second kappa shape index (κ2) is 6.44. The minimum atomic E-state index is -3.46. The highest BCUT2D eigenvalue weighted by Crippen LogP contribution is 2.10. The largest absolute Gasteiger partial charge is 0.367 e. The Labute approximate surface area is 118 Å². The fraction of sp³-hybridized carbons (Fsp3) is 0.231. The summed E-state index contributed by atoms with van der Waals surface area (Å²) in [5.41, 5.74) is 0.908. The van der Waals surface area contributed by atoms with Gasteiger partial charge in [-0.1, -0.05) is 12.1 Å². The van der Waals surface area contributed by atoms with Gasteiger partial charge in [0.25, 0.3) is 0 Å². The molecule has 0 saturated heterocycles. The quantitative estimate of drug-likeness (QED) is 0.781. The van der Waals surface area contributed by atoms with Crippen molar-refractivity contribution in [3.63, 3.8) is 0 Å². The van der Waals surface area contributed by atoms with E-state index in [1.54, 1.807) is 36.8 Å². The van der Waals surface area contributed by atoms with Crippen molar-refractivity contribution < 1.29 is 8.42 Å². The zero-order chi connectivity index (χ0) is 14.4. The number of nitrogens with one attached hydrogen (secondary N) is 2. The molecule has 2 rings (SSSR count). The zero-order valence-corrected chi connectivity index (χ0v) is 11.9. The van der Waals surface area contributed by atoms with Crippen LogP contribution in [0, 0.1) is 6.92 Å². The number of benzene rings is 1. The SMILES string of the molecule is Cc1cccc(S(=O)(=O)NCCNc2cnccn2)c1. The predicted molar refractivity (Wildman–Crippen MR) is 76.9 cm³/mol. The topological polar surface area (TPSA) is 84.0 Å². The van der Waals surface area contributed by atoms with Gasteiger partial charge in [-0.25, -0.2) is 18.1 Å². The van der Waals surface area contributed by atoms with Gasteiger partial charge in [-0.15, -0.1) is 0 Å². The molecule has 20 heavy (non-hydrogen) atoms. The van der Waals surface area contributed by atoms with Crippen molar-refractivity contribution in [2.45, 2.75) is 11.8 Å². The molecular formula is C13H16N4O2S. The molecule has 1 aromatic carbocycles. The average Bonchev–Trinajstić information content (AvgIpc) is 2.45. The predicted octanol–water partition coefficient (Wildman–Crippen LogP) is 1.18. The molecule has 2 N–H and O–H groups in total. The zero-order valence-electron chi connectivity index (χ0n) is 11.1. The van der Waals surface area contributed by atoms with E-state index in [4.69, 9.17) is 0 Å². The van der Waals surface area contributed by atoms with E-state index in [2.05, 4.69) is 20.0 Å². The normalized spacial score (nSPS) is 11.2. The Balaban J connectivity index is 1.87. The second-order valence-corrected chi connectivity index (χ2v) is 6.00.